The molecule has 3 aromatic rings. The van der Waals surface area contributed by atoms with Crippen molar-refractivity contribution in [3.63, 3.8) is 0 Å². The highest BCUT2D eigenvalue weighted by molar-refractivity contribution is 5.88. The molecule has 3 heterocycles. The van der Waals surface area contributed by atoms with Gasteiger partial charge in [0.25, 0.3) is 5.91 Å². The first kappa shape index (κ1) is 17.3. The number of benzene rings is 1. The molecule has 0 saturated heterocycles. The van der Waals surface area contributed by atoms with E-state index >= 15 is 0 Å². The number of nitrogens with one attached hydrogen (secondary N) is 1. The van der Waals surface area contributed by atoms with Crippen LogP contribution in [0, 0.1) is 20.8 Å². The van der Waals surface area contributed by atoms with Crippen LogP contribution in [0.3, 0.4) is 0 Å². The molecule has 0 unspecified atom stereocenters. The molecular weight excluding hydrogens is 346 g/mol. The minimum Gasteiger partial charge on any atom is -0.483 e. The maximum absolute atomic E-state index is 12.6. The quantitative estimate of drug-likeness (QED) is 0.718. The fourth-order valence-corrected chi connectivity index (χ4v) is 3.46. The number of nitrogens with zero attached hydrogens (tertiary/aromatic N) is 2. The number of amides is 1. The first-order valence-corrected chi connectivity index (χ1v) is 8.90. The molecule has 7 heteroatoms. The summed E-state index contributed by atoms with van der Waals surface area (Å²) < 4.78 is 11.3. The van der Waals surface area contributed by atoms with Crippen molar-refractivity contribution in [2.45, 2.75) is 33.7 Å². The number of H-pyrrole nitrogens is 1. The van der Waals surface area contributed by atoms with Crippen LogP contribution in [0.4, 0.5) is 0 Å². The van der Waals surface area contributed by atoms with Gasteiger partial charge in [-0.25, -0.2) is 9.78 Å². The van der Waals surface area contributed by atoms with E-state index in [4.69, 9.17) is 9.15 Å². The molecule has 7 nitrogen and oxygen atoms in total. The number of rotatable bonds is 3. The summed E-state index contributed by atoms with van der Waals surface area (Å²) in [5, 5.41) is 0.736. The SMILES string of the molecule is Cc1cc(OCC(=O)N2CCc3nc[nH]c3C2)c2c(C)c(C)c(=O)oc2c1. The van der Waals surface area contributed by atoms with Crippen LogP contribution >= 0.6 is 0 Å². The summed E-state index contributed by atoms with van der Waals surface area (Å²) in [7, 11) is 0. The second-order valence-corrected chi connectivity index (χ2v) is 6.96. The predicted molar refractivity (Wildman–Crippen MR) is 99.9 cm³/mol. The Kier molecular flexibility index (Phi) is 4.22. The molecule has 1 aromatic carbocycles. The predicted octanol–water partition coefficient (Wildman–Crippen LogP) is 2.41. The number of aromatic amines is 1. The fraction of sp³-hybridized carbons (Fsp3) is 0.350. The molecular formula is C20H21N3O4. The summed E-state index contributed by atoms with van der Waals surface area (Å²) in [6.07, 6.45) is 2.40. The van der Waals surface area contributed by atoms with Crippen molar-refractivity contribution in [1.29, 1.82) is 0 Å². The summed E-state index contributed by atoms with van der Waals surface area (Å²) in [5.74, 6) is 0.471. The third-order valence-electron chi connectivity index (χ3n) is 5.14. The van der Waals surface area contributed by atoms with Gasteiger partial charge >= 0.3 is 5.63 Å². The van der Waals surface area contributed by atoms with Crippen molar-refractivity contribution in [2.24, 2.45) is 0 Å². The summed E-state index contributed by atoms with van der Waals surface area (Å²) in [6.45, 7) is 6.56. The molecule has 0 radical (unpaired) electrons. The van der Waals surface area contributed by atoms with Gasteiger partial charge in [0.2, 0.25) is 0 Å². The normalized spacial score (nSPS) is 13.7. The average Bonchev–Trinajstić information content (AvgIpc) is 3.11. The molecule has 2 aromatic heterocycles. The Hall–Kier alpha value is -3.09. The number of imidazole rings is 1. The molecule has 0 aliphatic carbocycles. The molecule has 1 amide bonds. The van der Waals surface area contributed by atoms with E-state index in [9.17, 15) is 9.59 Å². The lowest BCUT2D eigenvalue weighted by molar-refractivity contribution is -0.134. The van der Waals surface area contributed by atoms with Crippen molar-refractivity contribution in [3.8, 4) is 5.75 Å². The zero-order valence-electron chi connectivity index (χ0n) is 15.6. The molecule has 4 rings (SSSR count). The Bertz CT molecular complexity index is 1100. The van der Waals surface area contributed by atoms with Crippen LogP contribution in [0.1, 0.15) is 28.1 Å². The zero-order valence-corrected chi connectivity index (χ0v) is 15.6. The number of carbonyl (C=O) groups is 1. The monoisotopic (exact) mass is 367 g/mol. The lowest BCUT2D eigenvalue weighted by Gasteiger charge is -2.26. The third kappa shape index (κ3) is 3.09. The van der Waals surface area contributed by atoms with E-state index < -0.39 is 0 Å². The van der Waals surface area contributed by atoms with Crippen molar-refractivity contribution in [3.05, 3.63) is 57.0 Å². The van der Waals surface area contributed by atoms with Crippen LogP contribution in [0.2, 0.25) is 0 Å². The minimum atomic E-state index is -0.351. The van der Waals surface area contributed by atoms with Crippen molar-refractivity contribution >= 4 is 16.9 Å². The first-order valence-electron chi connectivity index (χ1n) is 8.90. The van der Waals surface area contributed by atoms with E-state index in [1.165, 1.54) is 0 Å². The second kappa shape index (κ2) is 6.57. The third-order valence-corrected chi connectivity index (χ3v) is 5.14. The van der Waals surface area contributed by atoms with Gasteiger partial charge in [0.15, 0.2) is 6.61 Å². The maximum atomic E-state index is 12.6. The van der Waals surface area contributed by atoms with Gasteiger partial charge in [0.05, 0.1) is 29.6 Å². The van der Waals surface area contributed by atoms with Gasteiger partial charge in [-0.2, -0.15) is 0 Å². The zero-order chi connectivity index (χ0) is 19.1. The number of hydrogen-bond donors (Lipinski definition) is 1. The van der Waals surface area contributed by atoms with Gasteiger partial charge in [-0.05, 0) is 44.0 Å². The molecule has 1 aliphatic rings. The number of ether oxygens (including phenoxy) is 1. The van der Waals surface area contributed by atoms with E-state index in [1.807, 2.05) is 26.0 Å². The molecule has 0 saturated carbocycles. The van der Waals surface area contributed by atoms with Gasteiger partial charge in [-0.3, -0.25) is 4.79 Å². The molecule has 0 bridgehead atoms. The lowest BCUT2D eigenvalue weighted by Crippen LogP contribution is -2.38. The Labute approximate surface area is 156 Å². The van der Waals surface area contributed by atoms with Crippen LogP contribution in [-0.2, 0) is 17.8 Å². The van der Waals surface area contributed by atoms with E-state index in [1.54, 1.807) is 18.2 Å². The Morgan fingerprint density at radius 3 is 2.93 bits per heavy atom. The van der Waals surface area contributed by atoms with Crippen LogP contribution in [-0.4, -0.2) is 33.9 Å². The van der Waals surface area contributed by atoms with Crippen LogP contribution in [0.25, 0.3) is 11.0 Å². The molecule has 1 aliphatic heterocycles. The molecule has 1 N–H and O–H groups in total. The molecule has 140 valence electrons. The first-order chi connectivity index (χ1) is 12.9. The number of hydrogen-bond acceptors (Lipinski definition) is 5. The standard InChI is InChI=1S/C20H21N3O4/c1-11-6-16(19-12(2)13(3)20(25)27-17(19)7-11)26-9-18(24)23-5-4-14-15(8-23)22-10-21-14/h6-7,10H,4-5,8-9H2,1-3H3,(H,21,22). The van der Waals surface area contributed by atoms with E-state index in [0.717, 1.165) is 34.3 Å². The van der Waals surface area contributed by atoms with Gasteiger partial charge < -0.3 is 19.0 Å². The summed E-state index contributed by atoms with van der Waals surface area (Å²) >= 11 is 0. The topological polar surface area (TPSA) is 88.4 Å². The highest BCUT2D eigenvalue weighted by atomic mass is 16.5. The Morgan fingerprint density at radius 1 is 1.30 bits per heavy atom. The number of carbonyl (C=O) groups excluding carboxylic acids is 1. The van der Waals surface area contributed by atoms with Crippen LogP contribution in [0.5, 0.6) is 5.75 Å². The largest absolute Gasteiger partial charge is 0.483 e. The minimum absolute atomic E-state index is 0.0698. The number of fused-ring (bicyclic) bond motifs is 2. The maximum Gasteiger partial charge on any atom is 0.339 e. The van der Waals surface area contributed by atoms with Crippen molar-refractivity contribution in [2.75, 3.05) is 13.2 Å². The highest BCUT2D eigenvalue weighted by Gasteiger charge is 2.23. The number of aryl methyl sites for hydroxylation is 2. The average molecular weight is 367 g/mol. The van der Waals surface area contributed by atoms with Crippen LogP contribution < -0.4 is 10.4 Å². The van der Waals surface area contributed by atoms with Crippen LogP contribution in [0.15, 0.2) is 27.7 Å². The molecule has 0 spiro atoms. The van der Waals surface area contributed by atoms with Crippen molar-refractivity contribution in [1.82, 2.24) is 14.9 Å². The van der Waals surface area contributed by atoms with Gasteiger partial charge in [0.1, 0.15) is 11.3 Å². The van der Waals surface area contributed by atoms with Gasteiger partial charge in [0, 0.05) is 18.5 Å². The van der Waals surface area contributed by atoms with Gasteiger partial charge in [-0.15, -0.1) is 0 Å². The lowest BCUT2D eigenvalue weighted by atomic mass is 10.0. The molecule has 0 atom stereocenters. The van der Waals surface area contributed by atoms with E-state index in [0.29, 0.717) is 30.0 Å². The summed E-state index contributed by atoms with van der Waals surface area (Å²) in [5.41, 5.74) is 4.38. The summed E-state index contributed by atoms with van der Waals surface area (Å²) in [4.78, 5) is 33.7. The highest BCUT2D eigenvalue weighted by Crippen LogP contribution is 2.31. The molecule has 27 heavy (non-hydrogen) atoms. The van der Waals surface area contributed by atoms with Crippen molar-refractivity contribution < 1.29 is 13.9 Å². The Morgan fingerprint density at radius 2 is 2.11 bits per heavy atom. The van der Waals surface area contributed by atoms with E-state index in [-0.39, 0.29) is 18.1 Å². The Balaban J connectivity index is 1.58. The molecule has 0 fully saturated rings. The van der Waals surface area contributed by atoms with E-state index in [2.05, 4.69) is 9.97 Å². The van der Waals surface area contributed by atoms with Gasteiger partial charge in [-0.1, -0.05) is 0 Å². The smallest absolute Gasteiger partial charge is 0.339 e. The fourth-order valence-electron chi connectivity index (χ4n) is 3.46. The summed E-state index contributed by atoms with van der Waals surface area (Å²) in [6, 6.07) is 3.67. The number of aromatic nitrogens is 2. The second-order valence-electron chi connectivity index (χ2n) is 6.96.